The van der Waals surface area contributed by atoms with Gasteiger partial charge in [-0.1, -0.05) is 23.7 Å². The van der Waals surface area contributed by atoms with E-state index < -0.39 is 36.7 Å². The maximum absolute atomic E-state index is 14.2. The van der Waals surface area contributed by atoms with Crippen molar-refractivity contribution in [2.45, 2.75) is 12.3 Å². The zero-order chi connectivity index (χ0) is 27.0. The van der Waals surface area contributed by atoms with Gasteiger partial charge in [0.05, 0.1) is 25.8 Å². The fourth-order valence-corrected chi connectivity index (χ4v) is 4.58. The van der Waals surface area contributed by atoms with E-state index in [9.17, 15) is 22.8 Å². The van der Waals surface area contributed by atoms with E-state index in [0.29, 0.717) is 21.6 Å². The fraction of sp³-hybridized carbons (Fsp3) is 0.333. The van der Waals surface area contributed by atoms with Crippen LogP contribution in [0.25, 0.3) is 0 Å². The van der Waals surface area contributed by atoms with Crippen LogP contribution in [0.15, 0.2) is 64.3 Å². The number of piperidine rings is 1. The van der Waals surface area contributed by atoms with E-state index in [0.717, 1.165) is 6.08 Å². The van der Waals surface area contributed by atoms with Crippen molar-refractivity contribution in [3.05, 3.63) is 75.1 Å². The Labute approximate surface area is 220 Å². The van der Waals surface area contributed by atoms with Crippen LogP contribution in [-0.2, 0) is 14.3 Å². The van der Waals surface area contributed by atoms with E-state index in [2.05, 4.69) is 15.3 Å². The number of amidine groups is 1. The third-order valence-corrected chi connectivity index (χ3v) is 6.30. The predicted molar refractivity (Wildman–Crippen MR) is 133 cm³/mol. The van der Waals surface area contributed by atoms with Gasteiger partial charge < -0.3 is 15.2 Å². The van der Waals surface area contributed by atoms with Gasteiger partial charge in [-0.3, -0.25) is 9.89 Å². The van der Waals surface area contributed by atoms with Gasteiger partial charge in [-0.15, -0.1) is 11.3 Å². The molecule has 37 heavy (non-hydrogen) atoms. The van der Waals surface area contributed by atoms with Crippen LogP contribution in [0.1, 0.15) is 11.4 Å². The molecular formula is C24H24ClF3N4O4S. The molecule has 0 unspecified atom stereocenters. The van der Waals surface area contributed by atoms with Gasteiger partial charge in [-0.05, 0) is 24.1 Å². The number of ether oxygens (including phenoxy) is 1. The predicted octanol–water partition coefficient (Wildman–Crippen LogP) is 4.00. The molecule has 2 aliphatic heterocycles. The number of likely N-dealkylation sites (tertiary alicyclic amines) is 1. The molecule has 0 amide bonds. The second-order valence-corrected chi connectivity index (χ2v) is 9.53. The highest BCUT2D eigenvalue weighted by molar-refractivity contribution is 7.11. The van der Waals surface area contributed by atoms with Gasteiger partial charge in [0.2, 0.25) is 0 Å². The number of esters is 1. The van der Waals surface area contributed by atoms with Crippen molar-refractivity contribution in [2.24, 2.45) is 10.9 Å². The van der Waals surface area contributed by atoms with Crippen molar-refractivity contribution >= 4 is 40.7 Å². The molecule has 1 aromatic heterocycles. The first kappa shape index (κ1) is 28.4. The van der Waals surface area contributed by atoms with Crippen LogP contribution in [0.3, 0.4) is 0 Å². The van der Waals surface area contributed by atoms with Gasteiger partial charge in [0.15, 0.2) is 10.8 Å². The van der Waals surface area contributed by atoms with Crippen LogP contribution in [0.5, 0.6) is 0 Å². The number of hydrogen-bond acceptors (Lipinski definition) is 8. The average molecular weight is 557 g/mol. The SMILES string of the molecule is COC(=O)C1=C(CN2C[C@@H](/C=C/C(=O)O)CC(F)(F)C2)NC(c2nccs2)=NC1.Fc1cccc(Cl)c1. The molecule has 0 bridgehead atoms. The lowest BCUT2D eigenvalue weighted by Gasteiger charge is -2.37. The standard InChI is InChI=1S/C18H20F2N4O4S.C6H4ClF/c1-28-17(27)12-7-22-15(16-21-4-5-29-16)23-13(12)9-24-8-11(2-3-14(25)26)6-18(19,20)10-24;7-5-2-1-3-6(8)4-5/h2-5,11H,6-10H2,1H3,(H,22,23)(H,25,26);1-4H/b3-2+;/t11-;/m0./s1. The molecular weight excluding hydrogens is 533 g/mol. The van der Waals surface area contributed by atoms with Crippen molar-refractivity contribution in [3.8, 4) is 0 Å². The summed E-state index contributed by atoms with van der Waals surface area (Å²) in [6.07, 6.45) is 3.37. The maximum Gasteiger partial charge on any atom is 0.337 e. The second kappa shape index (κ2) is 12.8. The summed E-state index contributed by atoms with van der Waals surface area (Å²) in [6.45, 7) is -0.158. The molecule has 0 radical (unpaired) electrons. The first-order valence-electron chi connectivity index (χ1n) is 11.0. The number of carboxylic acids is 1. The molecule has 0 aliphatic carbocycles. The molecule has 2 aromatic rings. The molecule has 4 rings (SSSR count). The highest BCUT2D eigenvalue weighted by Gasteiger charge is 2.40. The molecule has 0 spiro atoms. The summed E-state index contributed by atoms with van der Waals surface area (Å²) in [4.78, 5) is 32.8. The van der Waals surface area contributed by atoms with E-state index >= 15 is 0 Å². The molecule has 13 heteroatoms. The number of thiazole rings is 1. The van der Waals surface area contributed by atoms with E-state index in [1.165, 1.54) is 41.6 Å². The quantitative estimate of drug-likeness (QED) is 0.409. The Bertz CT molecular complexity index is 1190. The van der Waals surface area contributed by atoms with Crippen LogP contribution in [0.2, 0.25) is 5.02 Å². The number of rotatable bonds is 6. The number of nitrogens with one attached hydrogen (secondary N) is 1. The van der Waals surface area contributed by atoms with Crippen molar-refractivity contribution in [3.63, 3.8) is 0 Å². The van der Waals surface area contributed by atoms with Crippen molar-refractivity contribution in [1.29, 1.82) is 0 Å². The van der Waals surface area contributed by atoms with Gasteiger partial charge in [-0.25, -0.2) is 27.7 Å². The number of benzene rings is 1. The zero-order valence-corrected chi connectivity index (χ0v) is 21.2. The van der Waals surface area contributed by atoms with Gasteiger partial charge in [-0.2, -0.15) is 0 Å². The highest BCUT2D eigenvalue weighted by atomic mass is 35.5. The number of methoxy groups -OCH3 is 1. The minimum atomic E-state index is -2.97. The van der Waals surface area contributed by atoms with Crippen LogP contribution >= 0.6 is 22.9 Å². The smallest absolute Gasteiger partial charge is 0.337 e. The summed E-state index contributed by atoms with van der Waals surface area (Å²) in [5.74, 6) is -5.18. The minimum Gasteiger partial charge on any atom is -0.478 e. The molecule has 0 saturated carbocycles. The highest BCUT2D eigenvalue weighted by Crippen LogP contribution is 2.32. The summed E-state index contributed by atoms with van der Waals surface area (Å²) >= 11 is 6.77. The average Bonchev–Trinajstić information content (AvgIpc) is 3.37. The van der Waals surface area contributed by atoms with Crippen molar-refractivity contribution in [2.75, 3.05) is 33.3 Å². The number of carboxylic acid groups (broad SMARTS) is 1. The van der Waals surface area contributed by atoms with Gasteiger partial charge in [0.1, 0.15) is 5.82 Å². The molecule has 1 atom stereocenters. The van der Waals surface area contributed by atoms with Gasteiger partial charge >= 0.3 is 11.9 Å². The van der Waals surface area contributed by atoms with E-state index in [-0.39, 0.29) is 31.0 Å². The number of nitrogens with zero attached hydrogens (tertiary/aromatic N) is 3. The summed E-state index contributed by atoms with van der Waals surface area (Å²) in [5.41, 5.74) is 0.690. The first-order chi connectivity index (χ1) is 17.6. The number of halogens is 4. The number of carbonyl (C=O) groups is 2. The van der Waals surface area contributed by atoms with Crippen LogP contribution in [0, 0.1) is 11.7 Å². The Balaban J connectivity index is 0.000000405. The number of aromatic nitrogens is 1. The fourth-order valence-electron chi connectivity index (χ4n) is 3.81. The van der Waals surface area contributed by atoms with E-state index in [1.54, 1.807) is 23.7 Å². The minimum absolute atomic E-state index is 0.0435. The van der Waals surface area contributed by atoms with Crippen LogP contribution in [-0.4, -0.2) is 72.0 Å². The van der Waals surface area contributed by atoms with Crippen LogP contribution < -0.4 is 5.32 Å². The van der Waals surface area contributed by atoms with E-state index in [4.69, 9.17) is 21.4 Å². The molecule has 3 heterocycles. The zero-order valence-electron chi connectivity index (χ0n) is 19.7. The molecule has 8 nitrogen and oxygen atoms in total. The second-order valence-electron chi connectivity index (χ2n) is 8.20. The molecule has 198 valence electrons. The number of aliphatic carboxylic acids is 1. The summed E-state index contributed by atoms with van der Waals surface area (Å²) < 4.78 is 45.3. The summed E-state index contributed by atoms with van der Waals surface area (Å²) in [7, 11) is 1.24. The molecule has 1 aromatic carbocycles. The molecule has 1 fully saturated rings. The Hall–Kier alpha value is -3.22. The third kappa shape index (κ3) is 8.69. The number of hydrogen-bond donors (Lipinski definition) is 2. The Morgan fingerprint density at radius 1 is 1.41 bits per heavy atom. The lowest BCUT2D eigenvalue weighted by Crippen LogP contribution is -2.49. The van der Waals surface area contributed by atoms with E-state index in [1.807, 2.05) is 0 Å². The number of alkyl halides is 2. The Morgan fingerprint density at radius 2 is 2.19 bits per heavy atom. The Kier molecular flexibility index (Phi) is 9.84. The normalized spacial score (nSPS) is 19.5. The first-order valence-corrected chi connectivity index (χ1v) is 12.3. The largest absolute Gasteiger partial charge is 0.478 e. The van der Waals surface area contributed by atoms with Crippen molar-refractivity contribution < 1.29 is 32.6 Å². The number of carbonyl (C=O) groups excluding carboxylic acids is 1. The number of aliphatic imine (C=N–C) groups is 1. The topological polar surface area (TPSA) is 104 Å². The maximum atomic E-state index is 14.2. The summed E-state index contributed by atoms with van der Waals surface area (Å²) in [5, 5.41) is 14.6. The van der Waals surface area contributed by atoms with Crippen molar-refractivity contribution in [1.82, 2.24) is 15.2 Å². The lowest BCUT2D eigenvalue weighted by atomic mass is 9.94. The Morgan fingerprint density at radius 3 is 2.78 bits per heavy atom. The molecule has 1 saturated heterocycles. The lowest BCUT2D eigenvalue weighted by molar-refractivity contribution is -0.136. The van der Waals surface area contributed by atoms with Crippen LogP contribution in [0.4, 0.5) is 13.2 Å². The summed E-state index contributed by atoms with van der Waals surface area (Å²) in [6, 6.07) is 5.82. The molecule has 2 N–H and O–H groups in total. The monoisotopic (exact) mass is 556 g/mol. The van der Waals surface area contributed by atoms with Gasteiger partial charge in [0, 0.05) is 47.9 Å². The third-order valence-electron chi connectivity index (χ3n) is 5.28. The van der Waals surface area contributed by atoms with Gasteiger partial charge in [0.25, 0.3) is 5.92 Å². The molecule has 2 aliphatic rings.